The maximum atomic E-state index is 6.28. The number of nitrogens with zero attached hydrogens (tertiary/aromatic N) is 2. The van der Waals surface area contributed by atoms with Gasteiger partial charge in [0.1, 0.15) is 0 Å². The molecule has 1 aromatic carbocycles. The lowest BCUT2D eigenvalue weighted by Gasteiger charge is -2.08. The summed E-state index contributed by atoms with van der Waals surface area (Å²) in [6.07, 6.45) is 4.92. The first-order chi connectivity index (χ1) is 8.70. The molecule has 18 heavy (non-hydrogen) atoms. The topological polar surface area (TPSA) is 29.9 Å². The Morgan fingerprint density at radius 1 is 1.44 bits per heavy atom. The summed E-state index contributed by atoms with van der Waals surface area (Å²) in [4.78, 5) is 0. The van der Waals surface area contributed by atoms with Gasteiger partial charge in [-0.05, 0) is 53.3 Å². The highest BCUT2D eigenvalue weighted by molar-refractivity contribution is 14.1. The molecule has 0 amide bonds. The summed E-state index contributed by atoms with van der Waals surface area (Å²) in [6, 6.07) is 6.04. The number of aromatic nitrogens is 2. The van der Waals surface area contributed by atoms with Crippen LogP contribution in [-0.4, -0.2) is 16.3 Å². The van der Waals surface area contributed by atoms with Gasteiger partial charge in [0.2, 0.25) is 0 Å². The minimum Gasteiger partial charge on any atom is -0.313 e. The molecule has 96 valence electrons. The van der Waals surface area contributed by atoms with Gasteiger partial charge in [-0.2, -0.15) is 5.10 Å². The zero-order valence-electron chi connectivity index (χ0n) is 10.2. The van der Waals surface area contributed by atoms with Gasteiger partial charge in [0.15, 0.2) is 0 Å². The number of halogens is 2. The molecule has 0 aliphatic carbocycles. The van der Waals surface area contributed by atoms with Crippen LogP contribution in [0, 0.1) is 3.57 Å². The Labute approximate surface area is 126 Å². The average molecular weight is 376 g/mol. The van der Waals surface area contributed by atoms with E-state index in [0.29, 0.717) is 0 Å². The van der Waals surface area contributed by atoms with E-state index >= 15 is 0 Å². The van der Waals surface area contributed by atoms with Gasteiger partial charge >= 0.3 is 0 Å². The van der Waals surface area contributed by atoms with Crippen molar-refractivity contribution in [3.05, 3.63) is 44.7 Å². The molecular weight excluding hydrogens is 361 g/mol. The fraction of sp³-hybridized carbons (Fsp3) is 0.308. The summed E-state index contributed by atoms with van der Waals surface area (Å²) in [5.41, 5.74) is 2.11. The fourth-order valence-electron chi connectivity index (χ4n) is 1.66. The molecular formula is C13H15ClIN3. The fourth-order valence-corrected chi connectivity index (χ4v) is 2.29. The van der Waals surface area contributed by atoms with E-state index in [2.05, 4.69) is 46.0 Å². The molecule has 1 heterocycles. The minimum absolute atomic E-state index is 0.779. The lowest BCUT2D eigenvalue weighted by Crippen LogP contribution is -2.14. The van der Waals surface area contributed by atoms with Gasteiger partial charge in [-0.3, -0.25) is 0 Å². The maximum Gasteiger partial charge on any atom is 0.0661 e. The molecule has 3 nitrogen and oxygen atoms in total. The predicted molar refractivity (Wildman–Crippen MR) is 83.3 cm³/mol. The molecule has 0 unspecified atom stereocenters. The van der Waals surface area contributed by atoms with Gasteiger partial charge < -0.3 is 5.32 Å². The van der Waals surface area contributed by atoms with Crippen LogP contribution >= 0.6 is 34.2 Å². The van der Waals surface area contributed by atoms with Gasteiger partial charge in [0.25, 0.3) is 0 Å². The summed E-state index contributed by atoms with van der Waals surface area (Å²) < 4.78 is 2.94. The van der Waals surface area contributed by atoms with Crippen LogP contribution in [0.15, 0.2) is 30.6 Å². The Morgan fingerprint density at radius 3 is 2.89 bits per heavy atom. The smallest absolute Gasteiger partial charge is 0.0661 e. The van der Waals surface area contributed by atoms with Crippen molar-refractivity contribution in [2.24, 2.45) is 0 Å². The van der Waals surface area contributed by atoms with Crippen molar-refractivity contribution < 1.29 is 0 Å². The van der Waals surface area contributed by atoms with Crippen LogP contribution in [0.3, 0.4) is 0 Å². The summed E-state index contributed by atoms with van der Waals surface area (Å²) in [7, 11) is 0. The highest BCUT2D eigenvalue weighted by atomic mass is 127. The lowest BCUT2D eigenvalue weighted by atomic mass is 10.2. The monoisotopic (exact) mass is 375 g/mol. The Kier molecular flexibility index (Phi) is 5.03. The Bertz CT molecular complexity index is 525. The molecule has 2 rings (SSSR count). The van der Waals surface area contributed by atoms with Crippen LogP contribution in [0.2, 0.25) is 5.02 Å². The van der Waals surface area contributed by atoms with E-state index in [-0.39, 0.29) is 0 Å². The molecule has 0 bridgehead atoms. The standard InChI is InChI=1S/C13H15ClIN3/c1-2-5-16-7-10-3-4-12(6-13(10)14)18-9-11(15)8-17-18/h3-4,6,8-9,16H,2,5,7H2,1H3. The molecule has 0 fully saturated rings. The highest BCUT2D eigenvalue weighted by Gasteiger charge is 2.04. The van der Waals surface area contributed by atoms with Gasteiger partial charge in [-0.15, -0.1) is 0 Å². The van der Waals surface area contributed by atoms with Crippen molar-refractivity contribution in [3.8, 4) is 5.69 Å². The SMILES string of the molecule is CCCNCc1ccc(-n2cc(I)cn2)cc1Cl. The van der Waals surface area contributed by atoms with Crippen molar-refractivity contribution in [1.82, 2.24) is 15.1 Å². The molecule has 0 aliphatic rings. The van der Waals surface area contributed by atoms with Crippen molar-refractivity contribution in [3.63, 3.8) is 0 Å². The van der Waals surface area contributed by atoms with Crippen molar-refractivity contribution in [2.45, 2.75) is 19.9 Å². The molecule has 5 heteroatoms. The summed E-state index contributed by atoms with van der Waals surface area (Å²) in [6.45, 7) is 3.97. The molecule has 0 radical (unpaired) electrons. The van der Waals surface area contributed by atoms with E-state index in [4.69, 9.17) is 11.6 Å². The second-order valence-corrected chi connectivity index (χ2v) is 5.71. The summed E-state index contributed by atoms with van der Waals surface area (Å²) in [5.74, 6) is 0. The van der Waals surface area contributed by atoms with Crippen LogP contribution in [0.5, 0.6) is 0 Å². The van der Waals surface area contributed by atoms with Crippen molar-refractivity contribution >= 4 is 34.2 Å². The molecule has 0 saturated carbocycles. The third-order valence-electron chi connectivity index (χ3n) is 2.59. The van der Waals surface area contributed by atoms with Crippen LogP contribution in [0.4, 0.5) is 0 Å². The molecule has 0 saturated heterocycles. The zero-order chi connectivity index (χ0) is 13.0. The third kappa shape index (κ3) is 3.46. The first-order valence-corrected chi connectivity index (χ1v) is 7.36. The Morgan fingerprint density at radius 2 is 2.28 bits per heavy atom. The first kappa shape index (κ1) is 13.8. The first-order valence-electron chi connectivity index (χ1n) is 5.90. The van der Waals surface area contributed by atoms with E-state index in [1.807, 2.05) is 29.2 Å². The van der Waals surface area contributed by atoms with Gasteiger partial charge in [0.05, 0.1) is 15.5 Å². The van der Waals surface area contributed by atoms with Crippen LogP contribution in [0.1, 0.15) is 18.9 Å². The molecule has 0 atom stereocenters. The third-order valence-corrected chi connectivity index (χ3v) is 3.50. The van der Waals surface area contributed by atoms with Crippen molar-refractivity contribution in [2.75, 3.05) is 6.54 Å². The minimum atomic E-state index is 0.779. The number of benzene rings is 1. The lowest BCUT2D eigenvalue weighted by molar-refractivity contribution is 0.675. The van der Waals surface area contributed by atoms with Crippen LogP contribution in [0.25, 0.3) is 5.69 Å². The van der Waals surface area contributed by atoms with E-state index < -0.39 is 0 Å². The number of hydrogen-bond donors (Lipinski definition) is 1. The second kappa shape index (κ2) is 6.54. The van der Waals surface area contributed by atoms with E-state index in [0.717, 1.165) is 39.4 Å². The molecule has 0 aliphatic heterocycles. The predicted octanol–water partition coefficient (Wildman–Crippen LogP) is 3.63. The molecule has 0 spiro atoms. The number of hydrogen-bond acceptors (Lipinski definition) is 2. The highest BCUT2D eigenvalue weighted by Crippen LogP contribution is 2.20. The largest absolute Gasteiger partial charge is 0.313 e. The van der Waals surface area contributed by atoms with Crippen molar-refractivity contribution in [1.29, 1.82) is 0 Å². The zero-order valence-corrected chi connectivity index (χ0v) is 13.1. The van der Waals surface area contributed by atoms with E-state index in [1.165, 1.54) is 0 Å². The molecule has 1 aromatic heterocycles. The average Bonchev–Trinajstić information content (AvgIpc) is 2.78. The normalized spacial score (nSPS) is 10.8. The van der Waals surface area contributed by atoms with Gasteiger partial charge in [-0.1, -0.05) is 24.6 Å². The van der Waals surface area contributed by atoms with Gasteiger partial charge in [-0.25, -0.2) is 4.68 Å². The van der Waals surface area contributed by atoms with E-state index in [1.54, 1.807) is 0 Å². The molecule has 1 N–H and O–H groups in total. The van der Waals surface area contributed by atoms with Crippen LogP contribution in [-0.2, 0) is 6.54 Å². The van der Waals surface area contributed by atoms with E-state index in [9.17, 15) is 0 Å². The Balaban J connectivity index is 2.14. The van der Waals surface area contributed by atoms with Crippen LogP contribution < -0.4 is 5.32 Å². The number of nitrogens with one attached hydrogen (secondary N) is 1. The second-order valence-electron chi connectivity index (χ2n) is 4.06. The quantitative estimate of drug-likeness (QED) is 0.639. The maximum absolute atomic E-state index is 6.28. The summed E-state index contributed by atoms with van der Waals surface area (Å²) in [5, 5.41) is 8.39. The number of rotatable bonds is 5. The Hall–Kier alpha value is -0.590. The molecule has 2 aromatic rings. The van der Waals surface area contributed by atoms with Gasteiger partial charge in [0, 0.05) is 17.8 Å². The summed E-state index contributed by atoms with van der Waals surface area (Å²) >= 11 is 8.52.